The Balaban J connectivity index is 2.00. The van der Waals surface area contributed by atoms with Crippen molar-refractivity contribution >= 4 is 46.6 Å². The van der Waals surface area contributed by atoms with Crippen LogP contribution in [0.15, 0.2) is 23.6 Å². The molecule has 1 amide bonds. The molecule has 19 heavy (non-hydrogen) atoms. The Labute approximate surface area is 121 Å². The Hall–Kier alpha value is -1.70. The second-order valence-corrected chi connectivity index (χ2v) is 4.69. The first-order valence-electron chi connectivity index (χ1n) is 4.81. The highest BCUT2D eigenvalue weighted by Gasteiger charge is 2.15. The molecule has 0 aliphatic heterocycles. The molecule has 0 saturated carbocycles. The lowest BCUT2D eigenvalue weighted by Crippen LogP contribution is -2.27. The zero-order valence-corrected chi connectivity index (χ0v) is 11.4. The van der Waals surface area contributed by atoms with E-state index in [4.69, 9.17) is 23.2 Å². The van der Waals surface area contributed by atoms with Crippen molar-refractivity contribution in [3.63, 3.8) is 0 Å². The maximum atomic E-state index is 11.7. The van der Waals surface area contributed by atoms with Gasteiger partial charge in [-0.05, 0) is 29.7 Å². The third-order valence-electron chi connectivity index (χ3n) is 1.98. The van der Waals surface area contributed by atoms with Crippen molar-refractivity contribution in [2.24, 2.45) is 0 Å². The number of hydroxylamine groups is 1. The molecule has 0 bridgehead atoms. The minimum absolute atomic E-state index is 0.0556. The van der Waals surface area contributed by atoms with Crippen LogP contribution in [0.3, 0.4) is 0 Å². The summed E-state index contributed by atoms with van der Waals surface area (Å²) in [6.45, 7) is 0. The van der Waals surface area contributed by atoms with Gasteiger partial charge in [-0.1, -0.05) is 27.7 Å². The van der Waals surface area contributed by atoms with Gasteiger partial charge in [-0.2, -0.15) is 5.48 Å². The van der Waals surface area contributed by atoms with Crippen LogP contribution in [-0.4, -0.2) is 21.5 Å². The molecule has 1 N–H and O–H groups in total. The predicted octanol–water partition coefficient (Wildman–Crippen LogP) is 2.35. The Morgan fingerprint density at radius 3 is 2.74 bits per heavy atom. The molecule has 0 aliphatic carbocycles. The first-order valence-corrected chi connectivity index (χ1v) is 6.41. The summed E-state index contributed by atoms with van der Waals surface area (Å²) in [7, 11) is 0. The summed E-state index contributed by atoms with van der Waals surface area (Å²) < 4.78 is 3.51. The summed E-state index contributed by atoms with van der Waals surface area (Å²) in [6, 6.07) is 4.27. The average molecular weight is 318 g/mol. The second kappa shape index (κ2) is 5.96. The molecule has 0 unspecified atom stereocenters. The van der Waals surface area contributed by atoms with Gasteiger partial charge in [-0.15, -0.1) is 5.10 Å². The Morgan fingerprint density at radius 1 is 1.32 bits per heavy atom. The summed E-state index contributed by atoms with van der Waals surface area (Å²) >= 11 is 12.5. The van der Waals surface area contributed by atoms with Crippen molar-refractivity contribution in [2.45, 2.75) is 0 Å². The van der Waals surface area contributed by atoms with E-state index in [1.165, 1.54) is 23.6 Å². The average Bonchev–Trinajstić information content (AvgIpc) is 2.89. The molecule has 0 radical (unpaired) electrons. The Bertz CT molecular complexity index is 618. The lowest BCUT2D eigenvalue weighted by atomic mass is 10.2. The number of carbonyl (C=O) groups excluding carboxylic acids is 2. The lowest BCUT2D eigenvalue weighted by Gasteiger charge is -2.05. The molecule has 6 nitrogen and oxygen atoms in total. The van der Waals surface area contributed by atoms with Gasteiger partial charge in [0.05, 0.1) is 10.6 Å². The zero-order valence-electron chi connectivity index (χ0n) is 9.09. The van der Waals surface area contributed by atoms with E-state index in [0.29, 0.717) is 5.02 Å². The van der Waals surface area contributed by atoms with Crippen LogP contribution in [0.1, 0.15) is 20.8 Å². The Morgan fingerprint density at radius 2 is 2.11 bits per heavy atom. The molecule has 1 aromatic carbocycles. The van der Waals surface area contributed by atoms with Crippen LogP contribution in [0, 0.1) is 0 Å². The summed E-state index contributed by atoms with van der Waals surface area (Å²) in [5.41, 5.74) is 2.09. The van der Waals surface area contributed by atoms with Crippen LogP contribution in [-0.2, 0) is 4.84 Å². The monoisotopic (exact) mass is 317 g/mol. The van der Waals surface area contributed by atoms with Gasteiger partial charge >= 0.3 is 11.9 Å². The fraction of sp³-hybridized carbons (Fsp3) is 0. The first kappa shape index (κ1) is 13.7. The number of nitrogens with zero attached hydrogens (tertiary/aromatic N) is 2. The molecule has 98 valence electrons. The van der Waals surface area contributed by atoms with E-state index in [9.17, 15) is 9.59 Å². The van der Waals surface area contributed by atoms with Gasteiger partial charge in [0.2, 0.25) is 0 Å². The molecule has 0 saturated heterocycles. The van der Waals surface area contributed by atoms with Gasteiger partial charge < -0.3 is 4.84 Å². The molecular formula is C10H5Cl2N3O3S. The van der Waals surface area contributed by atoms with Crippen LogP contribution in [0.2, 0.25) is 10.0 Å². The fourth-order valence-corrected chi connectivity index (χ4v) is 2.04. The number of aromatic nitrogens is 2. The highest BCUT2D eigenvalue weighted by molar-refractivity contribution is 7.03. The molecule has 0 fully saturated rings. The SMILES string of the molecule is O=C(NOC(=O)c1ccc(Cl)cc1Cl)c1csnn1. The number of benzene rings is 1. The third kappa shape index (κ3) is 3.40. The van der Waals surface area contributed by atoms with Gasteiger partial charge in [0, 0.05) is 10.4 Å². The normalized spacial score (nSPS) is 10.0. The molecule has 0 aliphatic rings. The molecule has 1 heterocycles. The van der Waals surface area contributed by atoms with E-state index in [-0.39, 0.29) is 16.3 Å². The molecule has 1 aromatic heterocycles. The number of carbonyl (C=O) groups is 2. The van der Waals surface area contributed by atoms with Gasteiger partial charge in [0.25, 0.3) is 0 Å². The Kier molecular flexibility index (Phi) is 4.31. The molecule has 0 atom stereocenters. The minimum Gasteiger partial charge on any atom is -0.335 e. The minimum atomic E-state index is -0.807. The molecule has 9 heteroatoms. The largest absolute Gasteiger partial charge is 0.364 e. The first-order chi connectivity index (χ1) is 9.08. The van der Waals surface area contributed by atoms with Crippen molar-refractivity contribution in [1.29, 1.82) is 0 Å². The predicted molar refractivity (Wildman–Crippen MR) is 69.3 cm³/mol. The van der Waals surface area contributed by atoms with Crippen molar-refractivity contribution in [2.75, 3.05) is 0 Å². The van der Waals surface area contributed by atoms with Crippen LogP contribution in [0.25, 0.3) is 0 Å². The van der Waals surface area contributed by atoms with Crippen LogP contribution in [0.4, 0.5) is 0 Å². The van der Waals surface area contributed by atoms with Crippen LogP contribution >= 0.6 is 34.7 Å². The molecule has 2 aromatic rings. The smallest absolute Gasteiger partial charge is 0.335 e. The summed E-state index contributed by atoms with van der Waals surface area (Å²) in [5, 5.41) is 5.45. The van der Waals surface area contributed by atoms with E-state index in [0.717, 1.165) is 11.5 Å². The number of hydrogen-bond acceptors (Lipinski definition) is 6. The number of nitrogens with one attached hydrogen (secondary N) is 1. The zero-order chi connectivity index (χ0) is 13.8. The molecule has 0 spiro atoms. The highest BCUT2D eigenvalue weighted by Crippen LogP contribution is 2.21. The third-order valence-corrected chi connectivity index (χ3v) is 3.03. The van der Waals surface area contributed by atoms with E-state index >= 15 is 0 Å². The maximum Gasteiger partial charge on any atom is 0.364 e. The van der Waals surface area contributed by atoms with Crippen molar-refractivity contribution in [3.8, 4) is 0 Å². The summed E-state index contributed by atoms with van der Waals surface area (Å²) in [4.78, 5) is 27.7. The summed E-state index contributed by atoms with van der Waals surface area (Å²) in [5.74, 6) is -1.48. The topological polar surface area (TPSA) is 81.2 Å². The van der Waals surface area contributed by atoms with Crippen molar-refractivity contribution < 1.29 is 14.4 Å². The molecular weight excluding hydrogens is 313 g/mol. The fourth-order valence-electron chi connectivity index (χ4n) is 1.12. The van der Waals surface area contributed by atoms with E-state index in [2.05, 4.69) is 14.4 Å². The number of halogens is 2. The maximum absolute atomic E-state index is 11.7. The van der Waals surface area contributed by atoms with Gasteiger partial charge in [-0.25, -0.2) is 4.79 Å². The van der Waals surface area contributed by atoms with Crippen LogP contribution in [0.5, 0.6) is 0 Å². The van der Waals surface area contributed by atoms with E-state index in [1.807, 2.05) is 5.48 Å². The van der Waals surface area contributed by atoms with E-state index in [1.54, 1.807) is 0 Å². The quantitative estimate of drug-likeness (QED) is 0.860. The second-order valence-electron chi connectivity index (χ2n) is 3.24. The van der Waals surface area contributed by atoms with Crippen molar-refractivity contribution in [1.82, 2.24) is 15.1 Å². The van der Waals surface area contributed by atoms with Gasteiger partial charge in [0.1, 0.15) is 0 Å². The van der Waals surface area contributed by atoms with E-state index < -0.39 is 11.9 Å². The standard InChI is InChI=1S/C10H5Cl2N3O3S/c11-5-1-2-6(7(12)3-5)10(17)18-14-9(16)8-4-19-15-13-8/h1-4H,(H,14,16). The van der Waals surface area contributed by atoms with Gasteiger partial charge in [0.15, 0.2) is 5.69 Å². The number of amides is 1. The van der Waals surface area contributed by atoms with Gasteiger partial charge in [-0.3, -0.25) is 4.79 Å². The number of hydrogen-bond donors (Lipinski definition) is 1. The lowest BCUT2D eigenvalue weighted by molar-refractivity contribution is 0.0228. The molecule has 2 rings (SSSR count). The van der Waals surface area contributed by atoms with Crippen LogP contribution < -0.4 is 5.48 Å². The number of rotatable bonds is 2. The van der Waals surface area contributed by atoms with Crippen molar-refractivity contribution in [3.05, 3.63) is 44.9 Å². The highest BCUT2D eigenvalue weighted by atomic mass is 35.5. The summed E-state index contributed by atoms with van der Waals surface area (Å²) in [6.07, 6.45) is 0.